The van der Waals surface area contributed by atoms with Crippen molar-refractivity contribution >= 4 is 18.5 Å². The second kappa shape index (κ2) is 7.29. The Balaban J connectivity index is 2.94. The molecule has 1 rings (SSSR count). The lowest BCUT2D eigenvalue weighted by atomic mass is 10.2. The van der Waals surface area contributed by atoms with Crippen LogP contribution in [0, 0.1) is 6.92 Å². The largest absolute Gasteiger partial charge is 0.421 e. The van der Waals surface area contributed by atoms with Gasteiger partial charge in [0, 0.05) is 17.7 Å². The van der Waals surface area contributed by atoms with E-state index >= 15 is 0 Å². The Morgan fingerprint density at radius 3 is 2.26 bits per heavy atom. The molecule has 1 aromatic heterocycles. The van der Waals surface area contributed by atoms with Gasteiger partial charge in [-0.25, -0.2) is 9.97 Å². The first-order valence-corrected chi connectivity index (χ1v) is 8.89. The van der Waals surface area contributed by atoms with Crippen molar-refractivity contribution in [2.24, 2.45) is 0 Å². The molecule has 0 saturated carbocycles. The molecular formula is C12H21N2O3PS. The molecular weight excluding hydrogens is 283 g/mol. The van der Waals surface area contributed by atoms with E-state index in [9.17, 15) is 0 Å². The van der Waals surface area contributed by atoms with Crippen LogP contribution in [0.3, 0.4) is 0 Å². The maximum absolute atomic E-state index is 5.70. The van der Waals surface area contributed by atoms with E-state index < -0.39 is 6.72 Å². The van der Waals surface area contributed by atoms with Crippen LogP contribution in [0.2, 0.25) is 0 Å². The van der Waals surface area contributed by atoms with Crippen molar-refractivity contribution in [3.05, 3.63) is 17.7 Å². The van der Waals surface area contributed by atoms with Crippen LogP contribution < -0.4 is 4.52 Å². The molecule has 0 bridgehead atoms. The second-order valence-corrected chi connectivity index (χ2v) is 7.14. The van der Waals surface area contributed by atoms with Crippen LogP contribution in [0.4, 0.5) is 0 Å². The third-order valence-electron chi connectivity index (χ3n) is 2.25. The molecule has 19 heavy (non-hydrogen) atoms. The van der Waals surface area contributed by atoms with Crippen molar-refractivity contribution in [3.8, 4) is 5.75 Å². The number of aryl methyl sites for hydroxylation is 1. The van der Waals surface area contributed by atoms with Gasteiger partial charge >= 0.3 is 6.72 Å². The van der Waals surface area contributed by atoms with E-state index in [1.807, 2.05) is 34.6 Å². The van der Waals surface area contributed by atoms with Gasteiger partial charge in [0.25, 0.3) is 0 Å². The van der Waals surface area contributed by atoms with Gasteiger partial charge in [-0.3, -0.25) is 9.05 Å². The molecule has 0 radical (unpaired) electrons. The summed E-state index contributed by atoms with van der Waals surface area (Å²) in [6, 6.07) is 0. The van der Waals surface area contributed by atoms with Crippen LogP contribution >= 0.6 is 6.72 Å². The molecule has 1 aromatic rings. The van der Waals surface area contributed by atoms with Gasteiger partial charge in [-0.2, -0.15) is 0 Å². The SMILES string of the molecule is CCOP(=S)(OCC)Oc1cnc(C(C)C)nc1C. The van der Waals surface area contributed by atoms with Crippen molar-refractivity contribution in [1.82, 2.24) is 9.97 Å². The lowest BCUT2D eigenvalue weighted by Gasteiger charge is -2.21. The molecule has 0 aliphatic rings. The molecule has 0 aliphatic heterocycles. The summed E-state index contributed by atoms with van der Waals surface area (Å²) in [5, 5.41) is 0. The van der Waals surface area contributed by atoms with Crippen molar-refractivity contribution in [1.29, 1.82) is 0 Å². The van der Waals surface area contributed by atoms with Crippen molar-refractivity contribution in [3.63, 3.8) is 0 Å². The first-order chi connectivity index (χ1) is 8.91. The van der Waals surface area contributed by atoms with Gasteiger partial charge in [0.2, 0.25) is 0 Å². The van der Waals surface area contributed by atoms with Crippen LogP contribution in [0.15, 0.2) is 6.20 Å². The zero-order chi connectivity index (χ0) is 14.5. The zero-order valence-corrected chi connectivity index (χ0v) is 13.8. The van der Waals surface area contributed by atoms with Crippen LogP contribution in [-0.2, 0) is 20.9 Å². The summed E-state index contributed by atoms with van der Waals surface area (Å²) >= 11 is 5.32. The average molecular weight is 304 g/mol. The molecule has 0 atom stereocenters. The van der Waals surface area contributed by atoms with Crippen LogP contribution in [0.1, 0.15) is 45.1 Å². The fourth-order valence-corrected chi connectivity index (χ4v) is 3.47. The Hall–Kier alpha value is -0.550. The van der Waals surface area contributed by atoms with E-state index in [1.165, 1.54) is 0 Å². The first-order valence-electron chi connectivity index (χ1n) is 6.34. The number of hydrogen-bond donors (Lipinski definition) is 0. The highest BCUT2D eigenvalue weighted by Crippen LogP contribution is 2.50. The van der Waals surface area contributed by atoms with E-state index in [1.54, 1.807) is 6.20 Å². The zero-order valence-electron chi connectivity index (χ0n) is 12.0. The minimum atomic E-state index is -2.75. The summed E-state index contributed by atoms with van der Waals surface area (Å²) in [4.78, 5) is 8.67. The fraction of sp³-hybridized carbons (Fsp3) is 0.667. The molecule has 0 N–H and O–H groups in total. The molecule has 1 heterocycles. The minimum Gasteiger partial charge on any atom is -0.421 e. The Morgan fingerprint density at radius 1 is 1.26 bits per heavy atom. The molecule has 0 aliphatic carbocycles. The van der Waals surface area contributed by atoms with Gasteiger partial charge in [0.15, 0.2) is 5.75 Å². The number of nitrogens with zero attached hydrogens (tertiary/aromatic N) is 2. The number of hydrogen-bond acceptors (Lipinski definition) is 6. The van der Waals surface area contributed by atoms with E-state index in [-0.39, 0.29) is 5.92 Å². The Kier molecular flexibility index (Phi) is 6.33. The topological polar surface area (TPSA) is 53.5 Å². The Labute approximate surface area is 120 Å². The third kappa shape index (κ3) is 4.80. The predicted molar refractivity (Wildman–Crippen MR) is 79.0 cm³/mol. The number of aromatic nitrogens is 2. The Bertz CT molecular complexity index is 458. The molecule has 7 heteroatoms. The van der Waals surface area contributed by atoms with Crippen molar-refractivity contribution < 1.29 is 13.6 Å². The Morgan fingerprint density at radius 2 is 1.84 bits per heavy atom. The molecule has 0 aromatic carbocycles. The van der Waals surface area contributed by atoms with Gasteiger partial charge in [-0.1, -0.05) is 13.8 Å². The highest BCUT2D eigenvalue weighted by molar-refractivity contribution is 8.07. The summed E-state index contributed by atoms with van der Waals surface area (Å²) < 4.78 is 16.6. The molecule has 0 spiro atoms. The molecule has 0 unspecified atom stereocenters. The summed E-state index contributed by atoms with van der Waals surface area (Å²) in [7, 11) is 0. The quantitative estimate of drug-likeness (QED) is 0.718. The van der Waals surface area contributed by atoms with Gasteiger partial charge in [0.1, 0.15) is 5.82 Å². The summed E-state index contributed by atoms with van der Waals surface area (Å²) in [6.07, 6.45) is 1.64. The monoisotopic (exact) mass is 304 g/mol. The lowest BCUT2D eigenvalue weighted by molar-refractivity contribution is 0.217. The molecule has 5 nitrogen and oxygen atoms in total. The fourth-order valence-electron chi connectivity index (χ4n) is 1.37. The summed E-state index contributed by atoms with van der Waals surface area (Å²) in [6.45, 7) is 7.79. The van der Waals surface area contributed by atoms with Crippen molar-refractivity contribution in [2.75, 3.05) is 13.2 Å². The highest BCUT2D eigenvalue weighted by Gasteiger charge is 2.23. The third-order valence-corrected chi connectivity index (χ3v) is 4.68. The number of rotatable bonds is 7. The predicted octanol–water partition coefficient (Wildman–Crippen LogP) is 3.58. The molecule has 108 valence electrons. The minimum absolute atomic E-state index is 0.273. The summed E-state index contributed by atoms with van der Waals surface area (Å²) in [5.74, 6) is 1.58. The molecule has 0 amide bonds. The van der Waals surface area contributed by atoms with E-state index in [0.29, 0.717) is 19.0 Å². The van der Waals surface area contributed by atoms with Gasteiger partial charge in [0.05, 0.1) is 25.1 Å². The van der Waals surface area contributed by atoms with Crippen LogP contribution in [0.5, 0.6) is 5.75 Å². The average Bonchev–Trinajstić information content (AvgIpc) is 2.32. The van der Waals surface area contributed by atoms with Gasteiger partial charge in [-0.05, 0) is 20.8 Å². The van der Waals surface area contributed by atoms with Gasteiger partial charge < -0.3 is 4.52 Å². The summed E-state index contributed by atoms with van der Waals surface area (Å²) in [5.41, 5.74) is 0.743. The van der Waals surface area contributed by atoms with E-state index in [2.05, 4.69) is 9.97 Å². The maximum atomic E-state index is 5.70. The highest BCUT2D eigenvalue weighted by atomic mass is 32.5. The lowest BCUT2D eigenvalue weighted by Crippen LogP contribution is -2.06. The normalized spacial score (nSPS) is 11.9. The van der Waals surface area contributed by atoms with Gasteiger partial charge in [-0.15, -0.1) is 0 Å². The molecule has 0 fully saturated rings. The van der Waals surface area contributed by atoms with Crippen LogP contribution in [0.25, 0.3) is 0 Å². The van der Waals surface area contributed by atoms with E-state index in [0.717, 1.165) is 11.5 Å². The van der Waals surface area contributed by atoms with Crippen molar-refractivity contribution in [2.45, 2.75) is 40.5 Å². The maximum Gasteiger partial charge on any atom is 0.380 e. The van der Waals surface area contributed by atoms with Crippen LogP contribution in [-0.4, -0.2) is 23.2 Å². The standard InChI is InChI=1S/C12H21N2O3PS/c1-6-15-18(19,16-7-2)17-11-8-13-12(9(3)4)14-10(11)5/h8-9H,6-7H2,1-5H3. The first kappa shape index (κ1) is 16.5. The molecule has 0 saturated heterocycles. The second-order valence-electron chi connectivity index (χ2n) is 4.21. The smallest absolute Gasteiger partial charge is 0.380 e. The van der Waals surface area contributed by atoms with E-state index in [4.69, 9.17) is 25.4 Å².